The molecule has 1 aromatic rings. The molecule has 2 rings (SSSR count). The summed E-state index contributed by atoms with van der Waals surface area (Å²) in [6, 6.07) is 0.107. The smallest absolute Gasteiger partial charge is 0.405 e. The monoisotopic (exact) mass is 385 g/mol. The van der Waals surface area contributed by atoms with Gasteiger partial charge in [-0.3, -0.25) is 0 Å². The molecule has 0 aliphatic carbocycles. The Hall–Kier alpha value is -1.57. The van der Waals surface area contributed by atoms with Crippen LogP contribution in [0, 0.1) is 5.41 Å². The standard InChI is InChI=1S/C15H24BrN5O2/c1-14(2,3)9-7-15(4,23-13(18)22)5-6-21(9)10-8-19-11(16)12(17)20-10/h8-9H,5-7H2,1-4H3,(H2,17,20)(H2,18,22). The zero-order valence-electron chi connectivity index (χ0n) is 14.0. The van der Waals surface area contributed by atoms with E-state index >= 15 is 0 Å². The highest BCUT2D eigenvalue weighted by atomic mass is 79.9. The molecule has 0 aromatic carbocycles. The Labute approximate surface area is 144 Å². The Balaban J connectivity index is 2.33. The van der Waals surface area contributed by atoms with Crippen molar-refractivity contribution in [3.8, 4) is 0 Å². The zero-order valence-corrected chi connectivity index (χ0v) is 15.6. The first-order chi connectivity index (χ1) is 10.5. The molecule has 0 bridgehead atoms. The second-order valence-corrected chi connectivity index (χ2v) is 8.06. The van der Waals surface area contributed by atoms with Crippen molar-refractivity contribution in [1.82, 2.24) is 9.97 Å². The fraction of sp³-hybridized carbons (Fsp3) is 0.667. The minimum absolute atomic E-state index is 0.0494. The van der Waals surface area contributed by atoms with Crippen LogP contribution in [0.3, 0.4) is 0 Å². The Morgan fingerprint density at radius 3 is 2.70 bits per heavy atom. The van der Waals surface area contributed by atoms with Gasteiger partial charge in [-0.25, -0.2) is 14.8 Å². The van der Waals surface area contributed by atoms with E-state index in [0.717, 1.165) is 5.82 Å². The van der Waals surface area contributed by atoms with E-state index in [9.17, 15) is 4.79 Å². The van der Waals surface area contributed by atoms with E-state index in [4.69, 9.17) is 16.2 Å². The third-order valence-electron chi connectivity index (χ3n) is 4.26. The normalized spacial score (nSPS) is 25.3. The highest BCUT2D eigenvalue weighted by Crippen LogP contribution is 2.40. The number of nitrogens with zero attached hydrogens (tertiary/aromatic N) is 3. The van der Waals surface area contributed by atoms with Crippen molar-refractivity contribution < 1.29 is 9.53 Å². The molecule has 1 fully saturated rings. The van der Waals surface area contributed by atoms with Gasteiger partial charge in [0.2, 0.25) is 0 Å². The summed E-state index contributed by atoms with van der Waals surface area (Å²) >= 11 is 3.26. The Kier molecular flexibility index (Phi) is 4.75. The molecule has 0 spiro atoms. The van der Waals surface area contributed by atoms with Gasteiger partial charge in [0.25, 0.3) is 0 Å². The van der Waals surface area contributed by atoms with Crippen LogP contribution in [0.1, 0.15) is 40.5 Å². The van der Waals surface area contributed by atoms with Crippen molar-refractivity contribution in [2.45, 2.75) is 52.2 Å². The Bertz CT molecular complexity index is 604. The highest BCUT2D eigenvalue weighted by molar-refractivity contribution is 9.10. The maximum absolute atomic E-state index is 11.2. The average molecular weight is 386 g/mol. The number of nitrogen functional groups attached to an aromatic ring is 1. The van der Waals surface area contributed by atoms with E-state index in [-0.39, 0.29) is 11.5 Å². The number of nitrogens with two attached hydrogens (primary N) is 2. The van der Waals surface area contributed by atoms with Gasteiger partial charge in [-0.2, -0.15) is 0 Å². The first-order valence-corrected chi connectivity index (χ1v) is 8.34. The molecular formula is C15H24BrN5O2. The second-order valence-electron chi connectivity index (χ2n) is 7.30. The number of primary amides is 1. The predicted octanol–water partition coefficient (Wildman–Crippen LogP) is 2.69. The number of carbonyl (C=O) groups excluding carboxylic acids is 1. The van der Waals surface area contributed by atoms with Crippen LogP contribution in [0.4, 0.5) is 16.4 Å². The summed E-state index contributed by atoms with van der Waals surface area (Å²) in [5, 5.41) is 0. The fourth-order valence-electron chi connectivity index (χ4n) is 3.03. The van der Waals surface area contributed by atoms with Gasteiger partial charge < -0.3 is 21.1 Å². The number of hydrogen-bond donors (Lipinski definition) is 2. The lowest BCUT2D eigenvalue weighted by Gasteiger charge is -2.49. The van der Waals surface area contributed by atoms with Gasteiger partial charge in [-0.15, -0.1) is 0 Å². The molecule has 0 saturated carbocycles. The molecule has 1 saturated heterocycles. The molecule has 1 aliphatic rings. The molecule has 1 amide bonds. The molecule has 4 N–H and O–H groups in total. The number of hydrogen-bond acceptors (Lipinski definition) is 6. The van der Waals surface area contributed by atoms with Crippen LogP contribution in [-0.2, 0) is 4.74 Å². The second kappa shape index (κ2) is 6.14. The first-order valence-electron chi connectivity index (χ1n) is 7.55. The molecular weight excluding hydrogens is 362 g/mol. The predicted molar refractivity (Wildman–Crippen MR) is 93.0 cm³/mol. The van der Waals surface area contributed by atoms with Crippen LogP contribution in [-0.4, -0.2) is 34.2 Å². The molecule has 1 aromatic heterocycles. The SMILES string of the molecule is CC1(OC(N)=O)CCN(c2cnc(Br)c(N)n2)C(C(C)(C)C)C1. The summed E-state index contributed by atoms with van der Waals surface area (Å²) in [5.74, 6) is 1.09. The Morgan fingerprint density at radius 1 is 1.52 bits per heavy atom. The number of anilines is 2. The van der Waals surface area contributed by atoms with Gasteiger partial charge in [-0.05, 0) is 28.3 Å². The molecule has 2 unspecified atom stereocenters. The first kappa shape index (κ1) is 17.8. The van der Waals surface area contributed by atoms with Gasteiger partial charge in [0.05, 0.1) is 6.20 Å². The highest BCUT2D eigenvalue weighted by Gasteiger charge is 2.44. The van der Waals surface area contributed by atoms with Crippen LogP contribution >= 0.6 is 15.9 Å². The molecule has 2 atom stereocenters. The van der Waals surface area contributed by atoms with E-state index in [2.05, 4.69) is 51.6 Å². The minimum Gasteiger partial charge on any atom is -0.443 e. The number of piperidine rings is 1. The van der Waals surface area contributed by atoms with Crippen molar-refractivity contribution in [3.05, 3.63) is 10.8 Å². The summed E-state index contributed by atoms with van der Waals surface area (Å²) in [4.78, 5) is 22.1. The summed E-state index contributed by atoms with van der Waals surface area (Å²) in [6.07, 6.45) is 2.30. The number of carbonyl (C=O) groups is 1. The summed E-state index contributed by atoms with van der Waals surface area (Å²) < 4.78 is 5.91. The lowest BCUT2D eigenvalue weighted by Crippen LogP contribution is -2.56. The van der Waals surface area contributed by atoms with Crippen molar-refractivity contribution in [2.24, 2.45) is 11.1 Å². The third-order valence-corrected chi connectivity index (χ3v) is 4.87. The van der Waals surface area contributed by atoms with Crippen LogP contribution in [0.2, 0.25) is 0 Å². The van der Waals surface area contributed by atoms with Crippen molar-refractivity contribution in [1.29, 1.82) is 0 Å². The maximum Gasteiger partial charge on any atom is 0.405 e. The molecule has 128 valence electrons. The zero-order chi connectivity index (χ0) is 17.4. The van der Waals surface area contributed by atoms with Crippen molar-refractivity contribution >= 4 is 33.7 Å². The van der Waals surface area contributed by atoms with Crippen LogP contribution in [0.15, 0.2) is 10.8 Å². The molecule has 2 heterocycles. The topological polar surface area (TPSA) is 107 Å². The lowest BCUT2D eigenvalue weighted by atomic mass is 9.75. The van der Waals surface area contributed by atoms with E-state index in [1.807, 2.05) is 6.92 Å². The molecule has 0 radical (unpaired) electrons. The fourth-order valence-corrected chi connectivity index (χ4v) is 3.23. The Morgan fingerprint density at radius 2 is 2.17 bits per heavy atom. The number of aromatic nitrogens is 2. The van der Waals surface area contributed by atoms with E-state index in [1.54, 1.807) is 6.20 Å². The van der Waals surface area contributed by atoms with Gasteiger partial charge in [0.15, 0.2) is 5.82 Å². The lowest BCUT2D eigenvalue weighted by molar-refractivity contribution is -0.00949. The average Bonchev–Trinajstić information content (AvgIpc) is 2.40. The van der Waals surface area contributed by atoms with E-state index in [0.29, 0.717) is 29.8 Å². The molecule has 1 aliphatic heterocycles. The quantitative estimate of drug-likeness (QED) is 0.809. The molecule has 23 heavy (non-hydrogen) atoms. The molecule has 7 nitrogen and oxygen atoms in total. The number of rotatable bonds is 2. The van der Waals surface area contributed by atoms with E-state index in [1.165, 1.54) is 0 Å². The summed E-state index contributed by atoms with van der Waals surface area (Å²) in [6.45, 7) is 9.06. The number of halogens is 1. The van der Waals surface area contributed by atoms with Gasteiger partial charge in [0.1, 0.15) is 16.0 Å². The van der Waals surface area contributed by atoms with Crippen molar-refractivity contribution in [3.63, 3.8) is 0 Å². The third kappa shape index (κ3) is 4.04. The van der Waals surface area contributed by atoms with Gasteiger partial charge >= 0.3 is 6.09 Å². The van der Waals surface area contributed by atoms with Crippen LogP contribution < -0.4 is 16.4 Å². The van der Waals surface area contributed by atoms with Crippen molar-refractivity contribution in [2.75, 3.05) is 17.2 Å². The van der Waals surface area contributed by atoms with Crippen LogP contribution in [0.5, 0.6) is 0 Å². The maximum atomic E-state index is 11.2. The van der Waals surface area contributed by atoms with Gasteiger partial charge in [-0.1, -0.05) is 20.8 Å². The number of ether oxygens (including phenoxy) is 1. The van der Waals surface area contributed by atoms with Gasteiger partial charge in [0, 0.05) is 25.4 Å². The van der Waals surface area contributed by atoms with E-state index < -0.39 is 11.7 Å². The molecule has 8 heteroatoms. The largest absolute Gasteiger partial charge is 0.443 e. The number of amides is 1. The minimum atomic E-state index is -0.735. The summed E-state index contributed by atoms with van der Waals surface area (Å²) in [7, 11) is 0. The van der Waals surface area contributed by atoms with Crippen LogP contribution in [0.25, 0.3) is 0 Å². The summed E-state index contributed by atoms with van der Waals surface area (Å²) in [5.41, 5.74) is 10.5.